The van der Waals surface area contributed by atoms with Crippen LogP contribution in [0.15, 0.2) is 102 Å². The molecule has 5 aromatic rings. The fourth-order valence-electron chi connectivity index (χ4n) is 6.75. The standard InChI is InChI=1S/C31H33N6O7P/c1-41-30(42-2)25(38)23(18-43-45(33)40)44-31(30,37-19-34-24-26(37)35-28(32)36-27(24)39)29(20-12-6-3-7-13-20,21-14-8-4-9-15-21)22-16-10-5-11-17-22/h3-17,19,23,25,38,40H,18,33H2,1-2H3,(H3,32,35,36,39)/t23-,25-,31+,45?/m0/s1. The van der Waals surface area contributed by atoms with Gasteiger partial charge >= 0.3 is 0 Å². The number of aromatic nitrogens is 4. The molecule has 7 N–H and O–H groups in total. The molecule has 1 aliphatic heterocycles. The van der Waals surface area contributed by atoms with E-state index >= 15 is 0 Å². The number of hydrogen-bond acceptors (Lipinski definition) is 11. The number of rotatable bonds is 10. The SMILES string of the molecule is COC1(OC)[C@@H](O)[C@H](COP(N)O)O[C@]1(n1cnc2c(=O)[nH]c(N)nc21)C(c1ccccc1)(c1ccccc1)c1ccccc1. The fraction of sp³-hybridized carbons (Fsp3) is 0.258. The predicted molar refractivity (Wildman–Crippen MR) is 167 cm³/mol. The second kappa shape index (κ2) is 12.0. The summed E-state index contributed by atoms with van der Waals surface area (Å²) in [5, 5.41) is 12.2. The average molecular weight is 633 g/mol. The molecule has 3 heterocycles. The molecule has 13 nitrogen and oxygen atoms in total. The van der Waals surface area contributed by atoms with Crippen molar-refractivity contribution in [3.63, 3.8) is 0 Å². The number of aliphatic hydroxyl groups excluding tert-OH is 1. The number of anilines is 1. The number of nitrogens with zero attached hydrogens (tertiary/aromatic N) is 3. The van der Waals surface area contributed by atoms with E-state index in [0.717, 1.165) is 0 Å². The zero-order valence-electron chi connectivity index (χ0n) is 24.5. The topological polar surface area (TPSA) is 193 Å². The van der Waals surface area contributed by atoms with Gasteiger partial charge in [0.2, 0.25) is 26.0 Å². The highest BCUT2D eigenvalue weighted by Crippen LogP contribution is 2.62. The number of hydrogen-bond donors (Lipinski definition) is 5. The maximum Gasteiger partial charge on any atom is 0.280 e. The molecule has 1 saturated heterocycles. The van der Waals surface area contributed by atoms with Gasteiger partial charge in [-0.1, -0.05) is 91.0 Å². The molecular weight excluding hydrogens is 599 g/mol. The van der Waals surface area contributed by atoms with Crippen LogP contribution >= 0.6 is 8.53 Å². The van der Waals surface area contributed by atoms with Crippen molar-refractivity contribution in [1.29, 1.82) is 0 Å². The van der Waals surface area contributed by atoms with Crippen molar-refractivity contribution in [1.82, 2.24) is 19.5 Å². The largest absolute Gasteiger partial charge is 0.384 e. The summed E-state index contributed by atoms with van der Waals surface area (Å²) in [4.78, 5) is 34.5. The van der Waals surface area contributed by atoms with E-state index in [-0.39, 0.29) is 23.7 Å². The summed E-state index contributed by atoms with van der Waals surface area (Å²) in [6.45, 7) is -0.340. The van der Waals surface area contributed by atoms with Crippen LogP contribution in [0.25, 0.3) is 11.2 Å². The van der Waals surface area contributed by atoms with Crippen LogP contribution in [-0.4, -0.2) is 68.3 Å². The van der Waals surface area contributed by atoms with Crippen molar-refractivity contribution < 1.29 is 28.7 Å². The molecule has 0 bridgehead atoms. The molecule has 234 valence electrons. The molecule has 3 aromatic carbocycles. The summed E-state index contributed by atoms with van der Waals surface area (Å²) < 4.78 is 26.6. The first-order chi connectivity index (χ1) is 21.8. The zero-order valence-corrected chi connectivity index (χ0v) is 25.4. The third kappa shape index (κ3) is 4.51. The number of methoxy groups -OCH3 is 2. The van der Waals surface area contributed by atoms with E-state index in [1.165, 1.54) is 25.1 Å². The van der Waals surface area contributed by atoms with Crippen LogP contribution in [0.3, 0.4) is 0 Å². The molecule has 2 aromatic heterocycles. The maximum absolute atomic E-state index is 13.1. The number of imidazole rings is 1. The lowest BCUT2D eigenvalue weighted by Crippen LogP contribution is -2.69. The summed E-state index contributed by atoms with van der Waals surface area (Å²) in [6, 6.07) is 28.5. The summed E-state index contributed by atoms with van der Waals surface area (Å²) in [5.74, 6) is -2.23. The minimum Gasteiger partial charge on any atom is -0.384 e. The Labute approximate surface area is 259 Å². The lowest BCUT2D eigenvalue weighted by molar-refractivity contribution is -0.337. The number of fused-ring (bicyclic) bond motifs is 1. The second-order valence-electron chi connectivity index (χ2n) is 10.5. The molecule has 4 atom stereocenters. The van der Waals surface area contributed by atoms with Gasteiger partial charge in [0, 0.05) is 14.2 Å². The number of aromatic amines is 1. The van der Waals surface area contributed by atoms with E-state index < -0.39 is 43.2 Å². The van der Waals surface area contributed by atoms with Crippen LogP contribution < -0.4 is 16.8 Å². The van der Waals surface area contributed by atoms with Crippen molar-refractivity contribution in [2.24, 2.45) is 5.50 Å². The average Bonchev–Trinajstić information content (AvgIpc) is 3.59. The van der Waals surface area contributed by atoms with Gasteiger partial charge in [-0.3, -0.25) is 19.8 Å². The number of nitrogens with one attached hydrogen (secondary N) is 1. The molecule has 0 radical (unpaired) electrons. The first kappa shape index (κ1) is 31.0. The Bertz CT molecular complexity index is 1720. The van der Waals surface area contributed by atoms with Gasteiger partial charge in [-0.05, 0) is 16.7 Å². The third-order valence-corrected chi connectivity index (χ3v) is 8.82. The summed E-state index contributed by atoms with van der Waals surface area (Å²) in [5.41, 5.74) is 9.78. The normalized spacial score (nSPS) is 22.1. The molecule has 1 fully saturated rings. The smallest absolute Gasteiger partial charge is 0.280 e. The number of H-pyrrole nitrogens is 1. The molecule has 1 aliphatic rings. The monoisotopic (exact) mass is 632 g/mol. The number of nitrogens with two attached hydrogens (primary N) is 2. The third-order valence-electron chi connectivity index (χ3n) is 8.41. The van der Waals surface area contributed by atoms with Crippen LogP contribution in [0.2, 0.25) is 0 Å². The van der Waals surface area contributed by atoms with Gasteiger partial charge in [-0.25, -0.2) is 4.98 Å². The highest BCUT2D eigenvalue weighted by Gasteiger charge is 2.78. The van der Waals surface area contributed by atoms with Gasteiger partial charge < -0.3 is 34.5 Å². The van der Waals surface area contributed by atoms with Crippen molar-refractivity contribution in [3.8, 4) is 0 Å². The Balaban J connectivity index is 1.88. The Kier molecular flexibility index (Phi) is 8.29. The van der Waals surface area contributed by atoms with Crippen LogP contribution in [0, 0.1) is 0 Å². The predicted octanol–water partition coefficient (Wildman–Crippen LogP) is 2.33. The van der Waals surface area contributed by atoms with Crippen molar-refractivity contribution >= 4 is 25.6 Å². The van der Waals surface area contributed by atoms with Gasteiger partial charge in [0.25, 0.3) is 5.56 Å². The molecule has 6 rings (SSSR count). The lowest BCUT2D eigenvalue weighted by atomic mass is 9.59. The van der Waals surface area contributed by atoms with Crippen LogP contribution in [0.1, 0.15) is 16.7 Å². The lowest BCUT2D eigenvalue weighted by Gasteiger charge is -2.55. The van der Waals surface area contributed by atoms with Crippen LogP contribution in [0.5, 0.6) is 0 Å². The molecule has 14 heteroatoms. The van der Waals surface area contributed by atoms with Crippen molar-refractivity contribution in [2.75, 3.05) is 26.6 Å². The van der Waals surface area contributed by atoms with E-state index in [9.17, 15) is 14.8 Å². The van der Waals surface area contributed by atoms with E-state index in [4.69, 9.17) is 30.0 Å². The van der Waals surface area contributed by atoms with Crippen LogP contribution in [-0.2, 0) is 29.9 Å². The van der Waals surface area contributed by atoms with Gasteiger partial charge in [-0.2, -0.15) is 4.98 Å². The number of ether oxygens (including phenoxy) is 3. The van der Waals surface area contributed by atoms with E-state index in [2.05, 4.69) is 15.0 Å². The highest BCUT2D eigenvalue weighted by atomic mass is 31.2. The van der Waals surface area contributed by atoms with Gasteiger partial charge in [-0.15, -0.1) is 0 Å². The summed E-state index contributed by atoms with van der Waals surface area (Å²) in [7, 11) is 0.455. The van der Waals surface area contributed by atoms with E-state index in [1.54, 1.807) is 0 Å². The Hall–Kier alpha value is -4.04. The molecule has 0 amide bonds. The molecular formula is C31H33N6O7P. The van der Waals surface area contributed by atoms with Gasteiger partial charge in [0.1, 0.15) is 12.2 Å². The zero-order chi connectivity index (χ0) is 31.8. The van der Waals surface area contributed by atoms with Crippen LogP contribution in [0.4, 0.5) is 5.95 Å². The van der Waals surface area contributed by atoms with Crippen molar-refractivity contribution in [3.05, 3.63) is 124 Å². The van der Waals surface area contributed by atoms with Gasteiger partial charge in [0.15, 0.2) is 11.2 Å². The van der Waals surface area contributed by atoms with Gasteiger partial charge in [0.05, 0.1) is 18.3 Å². The quantitative estimate of drug-likeness (QED) is 0.0862. The fourth-order valence-corrected chi connectivity index (χ4v) is 7.05. The van der Waals surface area contributed by atoms with E-state index in [0.29, 0.717) is 16.7 Å². The Morgan fingerprint density at radius 1 is 0.978 bits per heavy atom. The second-order valence-corrected chi connectivity index (χ2v) is 11.4. The summed E-state index contributed by atoms with van der Waals surface area (Å²) in [6.07, 6.45) is -1.37. The molecule has 0 aliphatic carbocycles. The maximum atomic E-state index is 13.1. The Morgan fingerprint density at radius 3 is 1.96 bits per heavy atom. The Morgan fingerprint density at radius 2 is 1.49 bits per heavy atom. The number of nitrogen functional groups attached to an aromatic ring is 1. The minimum atomic E-state index is -2.31. The first-order valence-corrected chi connectivity index (χ1v) is 15.3. The molecule has 0 spiro atoms. The minimum absolute atomic E-state index is 0.0357. The molecule has 0 saturated carbocycles. The number of aliphatic hydroxyl groups is 1. The summed E-state index contributed by atoms with van der Waals surface area (Å²) >= 11 is 0. The highest BCUT2D eigenvalue weighted by molar-refractivity contribution is 7.43. The number of benzene rings is 3. The molecule has 1 unspecified atom stereocenters. The molecule has 45 heavy (non-hydrogen) atoms. The van der Waals surface area contributed by atoms with E-state index in [1.807, 2.05) is 91.0 Å². The first-order valence-electron chi connectivity index (χ1n) is 14.0. The van der Waals surface area contributed by atoms with Crippen molar-refractivity contribution in [2.45, 2.75) is 29.1 Å².